The first-order chi connectivity index (χ1) is 12.1. The van der Waals surface area contributed by atoms with Crippen LogP contribution in [0.15, 0.2) is 54.7 Å². The van der Waals surface area contributed by atoms with Gasteiger partial charge in [0.15, 0.2) is 11.5 Å². The SMILES string of the molecule is O=C(Nc1n[nH]c2cc(O)ccc12)c1ccn(-c2ccccc2Cl)n1. The maximum absolute atomic E-state index is 12.4. The van der Waals surface area contributed by atoms with E-state index in [1.54, 1.807) is 24.4 Å². The zero-order chi connectivity index (χ0) is 17.4. The number of hydrogen-bond acceptors (Lipinski definition) is 4. The molecular weight excluding hydrogens is 342 g/mol. The Bertz CT molecular complexity index is 1090. The molecule has 7 nitrogen and oxygen atoms in total. The number of carbonyl (C=O) groups is 1. The minimum absolute atomic E-state index is 0.118. The van der Waals surface area contributed by atoms with Crippen molar-refractivity contribution in [3.05, 3.63) is 65.4 Å². The Labute approximate surface area is 146 Å². The fourth-order valence-electron chi connectivity index (χ4n) is 2.49. The molecule has 0 radical (unpaired) electrons. The minimum atomic E-state index is -0.396. The molecule has 0 aliphatic heterocycles. The second kappa shape index (κ2) is 5.95. The summed E-state index contributed by atoms with van der Waals surface area (Å²) in [4.78, 5) is 12.4. The van der Waals surface area contributed by atoms with Gasteiger partial charge in [-0.1, -0.05) is 23.7 Å². The molecule has 4 aromatic rings. The molecule has 0 spiro atoms. The van der Waals surface area contributed by atoms with Crippen LogP contribution in [-0.4, -0.2) is 31.0 Å². The molecule has 0 atom stereocenters. The third-order valence-corrected chi connectivity index (χ3v) is 4.02. The Morgan fingerprint density at radius 1 is 1.20 bits per heavy atom. The molecule has 3 N–H and O–H groups in total. The number of anilines is 1. The van der Waals surface area contributed by atoms with Gasteiger partial charge in [0.05, 0.1) is 16.2 Å². The van der Waals surface area contributed by atoms with Crippen molar-refractivity contribution in [1.82, 2.24) is 20.0 Å². The molecule has 8 heteroatoms. The van der Waals surface area contributed by atoms with E-state index in [0.717, 1.165) is 0 Å². The number of carbonyl (C=O) groups excluding carboxylic acids is 1. The standard InChI is InChI=1S/C17H12ClN5O2/c18-12-3-1-2-4-15(12)23-8-7-13(22-23)17(25)19-16-11-6-5-10(24)9-14(11)20-21-16/h1-9,24H,(H2,19,20,21,25). The highest BCUT2D eigenvalue weighted by molar-refractivity contribution is 6.32. The lowest BCUT2D eigenvalue weighted by atomic mass is 10.2. The zero-order valence-corrected chi connectivity index (χ0v) is 13.5. The topological polar surface area (TPSA) is 95.8 Å². The van der Waals surface area contributed by atoms with Crippen molar-refractivity contribution < 1.29 is 9.90 Å². The molecule has 1 amide bonds. The van der Waals surface area contributed by atoms with Gasteiger partial charge in [0.2, 0.25) is 0 Å². The maximum Gasteiger partial charge on any atom is 0.277 e. The van der Waals surface area contributed by atoms with E-state index in [4.69, 9.17) is 11.6 Å². The van der Waals surface area contributed by atoms with Gasteiger partial charge >= 0.3 is 0 Å². The van der Waals surface area contributed by atoms with Gasteiger partial charge in [0, 0.05) is 17.6 Å². The van der Waals surface area contributed by atoms with Crippen LogP contribution in [0.2, 0.25) is 5.02 Å². The van der Waals surface area contributed by atoms with Crippen molar-refractivity contribution in [1.29, 1.82) is 0 Å². The predicted molar refractivity (Wildman–Crippen MR) is 94.3 cm³/mol. The number of fused-ring (bicyclic) bond motifs is 1. The molecule has 2 heterocycles. The molecule has 124 valence electrons. The van der Waals surface area contributed by atoms with E-state index < -0.39 is 5.91 Å². The first kappa shape index (κ1) is 15.2. The molecule has 2 aromatic carbocycles. The van der Waals surface area contributed by atoms with Gasteiger partial charge < -0.3 is 10.4 Å². The van der Waals surface area contributed by atoms with Crippen molar-refractivity contribution in [2.45, 2.75) is 0 Å². The van der Waals surface area contributed by atoms with Gasteiger partial charge in [-0.3, -0.25) is 9.89 Å². The summed E-state index contributed by atoms with van der Waals surface area (Å²) in [5.41, 5.74) is 1.54. The van der Waals surface area contributed by atoms with Gasteiger partial charge in [-0.15, -0.1) is 0 Å². The Hall–Kier alpha value is -3.32. The molecular formula is C17H12ClN5O2. The molecule has 0 saturated carbocycles. The summed E-state index contributed by atoms with van der Waals surface area (Å²) in [7, 11) is 0. The third-order valence-electron chi connectivity index (χ3n) is 3.70. The lowest BCUT2D eigenvalue weighted by Crippen LogP contribution is -2.13. The average Bonchev–Trinajstić information content (AvgIpc) is 3.23. The number of aromatic amines is 1. The quantitative estimate of drug-likeness (QED) is 0.526. The maximum atomic E-state index is 12.4. The number of aromatic hydroxyl groups is 1. The van der Waals surface area contributed by atoms with E-state index in [1.165, 1.54) is 16.8 Å². The molecule has 0 aliphatic rings. The third kappa shape index (κ3) is 2.81. The van der Waals surface area contributed by atoms with Crippen molar-refractivity contribution in [3.8, 4) is 11.4 Å². The number of halogens is 1. The van der Waals surface area contributed by atoms with Crippen LogP contribution in [-0.2, 0) is 0 Å². The number of phenols is 1. The number of para-hydroxylation sites is 1. The van der Waals surface area contributed by atoms with Crippen LogP contribution in [0, 0.1) is 0 Å². The van der Waals surface area contributed by atoms with Crippen molar-refractivity contribution in [2.75, 3.05) is 5.32 Å². The second-order valence-electron chi connectivity index (χ2n) is 5.35. The van der Waals surface area contributed by atoms with E-state index in [-0.39, 0.29) is 11.4 Å². The summed E-state index contributed by atoms with van der Waals surface area (Å²) >= 11 is 6.14. The van der Waals surface area contributed by atoms with E-state index in [2.05, 4.69) is 20.6 Å². The molecule has 0 aliphatic carbocycles. The highest BCUT2D eigenvalue weighted by Crippen LogP contribution is 2.24. The summed E-state index contributed by atoms with van der Waals surface area (Å²) in [5.74, 6) is 0.0899. The molecule has 0 saturated heterocycles. The Kier molecular flexibility index (Phi) is 3.62. The first-order valence-electron chi connectivity index (χ1n) is 7.41. The van der Waals surface area contributed by atoms with Crippen LogP contribution in [0.1, 0.15) is 10.5 Å². The summed E-state index contributed by atoms with van der Waals surface area (Å²) in [6.07, 6.45) is 1.66. The van der Waals surface area contributed by atoms with Gasteiger partial charge in [-0.2, -0.15) is 10.2 Å². The minimum Gasteiger partial charge on any atom is -0.508 e. The van der Waals surface area contributed by atoms with Gasteiger partial charge in [-0.25, -0.2) is 4.68 Å². The Balaban J connectivity index is 1.60. The number of rotatable bonds is 3. The number of amides is 1. The van der Waals surface area contributed by atoms with Gasteiger partial charge in [-0.05, 0) is 30.3 Å². The second-order valence-corrected chi connectivity index (χ2v) is 5.76. The summed E-state index contributed by atoms with van der Waals surface area (Å²) in [5, 5.41) is 24.5. The summed E-state index contributed by atoms with van der Waals surface area (Å²) < 4.78 is 1.54. The number of hydrogen-bond donors (Lipinski definition) is 3. The van der Waals surface area contributed by atoms with Crippen LogP contribution in [0.3, 0.4) is 0 Å². The highest BCUT2D eigenvalue weighted by Gasteiger charge is 2.15. The van der Waals surface area contributed by atoms with Gasteiger partial charge in [0.1, 0.15) is 5.75 Å². The van der Waals surface area contributed by atoms with Crippen LogP contribution < -0.4 is 5.32 Å². The van der Waals surface area contributed by atoms with Crippen LogP contribution in [0.5, 0.6) is 5.75 Å². The smallest absolute Gasteiger partial charge is 0.277 e. The van der Waals surface area contributed by atoms with Crippen molar-refractivity contribution in [2.24, 2.45) is 0 Å². The number of nitrogens with zero attached hydrogens (tertiary/aromatic N) is 3. The van der Waals surface area contributed by atoms with Crippen LogP contribution in [0.4, 0.5) is 5.82 Å². The van der Waals surface area contributed by atoms with Crippen molar-refractivity contribution in [3.63, 3.8) is 0 Å². The molecule has 2 aromatic heterocycles. The van der Waals surface area contributed by atoms with Crippen LogP contribution >= 0.6 is 11.6 Å². The van der Waals surface area contributed by atoms with Crippen molar-refractivity contribution >= 4 is 34.2 Å². The molecule has 0 fully saturated rings. The lowest BCUT2D eigenvalue weighted by Gasteiger charge is -2.03. The lowest BCUT2D eigenvalue weighted by molar-refractivity contribution is 0.102. The normalized spacial score (nSPS) is 10.9. The molecule has 25 heavy (non-hydrogen) atoms. The average molecular weight is 354 g/mol. The fraction of sp³-hybridized carbons (Fsp3) is 0. The van der Waals surface area contributed by atoms with E-state index in [9.17, 15) is 9.90 Å². The molecule has 0 unspecified atom stereocenters. The van der Waals surface area contributed by atoms with E-state index in [1.807, 2.05) is 18.2 Å². The summed E-state index contributed by atoms with van der Waals surface area (Å²) in [6.45, 7) is 0. The largest absolute Gasteiger partial charge is 0.508 e. The number of aromatic nitrogens is 4. The van der Waals surface area contributed by atoms with Crippen LogP contribution in [0.25, 0.3) is 16.6 Å². The van der Waals surface area contributed by atoms with Gasteiger partial charge in [0.25, 0.3) is 5.91 Å². The zero-order valence-electron chi connectivity index (χ0n) is 12.8. The first-order valence-corrected chi connectivity index (χ1v) is 7.78. The Morgan fingerprint density at radius 2 is 2.04 bits per heavy atom. The van der Waals surface area contributed by atoms with E-state index >= 15 is 0 Å². The Morgan fingerprint density at radius 3 is 2.88 bits per heavy atom. The number of phenolic OH excluding ortho intramolecular Hbond substituents is 1. The number of H-pyrrole nitrogens is 1. The highest BCUT2D eigenvalue weighted by atomic mass is 35.5. The molecule has 4 rings (SSSR count). The number of benzene rings is 2. The molecule has 0 bridgehead atoms. The predicted octanol–water partition coefficient (Wildman–Crippen LogP) is 3.36. The monoisotopic (exact) mass is 353 g/mol. The van der Waals surface area contributed by atoms with E-state index in [0.29, 0.717) is 27.4 Å². The number of nitrogens with one attached hydrogen (secondary N) is 2. The fourth-order valence-corrected chi connectivity index (χ4v) is 2.71. The summed E-state index contributed by atoms with van der Waals surface area (Å²) in [6, 6.07) is 13.6.